The van der Waals surface area contributed by atoms with Crippen LogP contribution in [0.15, 0.2) is 58.1 Å². The van der Waals surface area contributed by atoms with Crippen LogP contribution in [0.1, 0.15) is 6.42 Å². The lowest BCUT2D eigenvalue weighted by Crippen LogP contribution is -3.15. The largest absolute Gasteiger partial charge is 0.358 e. The molecular weight excluding hydrogens is 413 g/mol. The molecule has 0 spiro atoms. The fourth-order valence-electron chi connectivity index (χ4n) is 4.13. The fourth-order valence-corrected chi connectivity index (χ4v) is 4.13. The SMILES string of the molecule is O=C(Cn1c(=O)[nH]c2ccccc2c1=O)NCCC[NH+]1CCN(c2ccccc2F)CC1. The van der Waals surface area contributed by atoms with Crippen LogP contribution in [0, 0.1) is 5.82 Å². The molecule has 1 fully saturated rings. The first-order chi connectivity index (χ1) is 15.5. The summed E-state index contributed by atoms with van der Waals surface area (Å²) < 4.78 is 14.9. The van der Waals surface area contributed by atoms with Gasteiger partial charge in [0, 0.05) is 13.0 Å². The van der Waals surface area contributed by atoms with E-state index in [9.17, 15) is 18.8 Å². The van der Waals surface area contributed by atoms with E-state index in [1.54, 1.807) is 30.3 Å². The summed E-state index contributed by atoms with van der Waals surface area (Å²) in [6.07, 6.45) is 0.781. The number of aromatic nitrogens is 2. The van der Waals surface area contributed by atoms with Crippen LogP contribution in [0.5, 0.6) is 0 Å². The van der Waals surface area contributed by atoms with E-state index in [0.29, 0.717) is 23.1 Å². The average molecular weight is 440 g/mol. The van der Waals surface area contributed by atoms with Crippen molar-refractivity contribution in [1.29, 1.82) is 0 Å². The number of nitrogens with zero attached hydrogens (tertiary/aromatic N) is 2. The maximum atomic E-state index is 13.9. The summed E-state index contributed by atoms with van der Waals surface area (Å²) in [5.41, 5.74) is 0.0349. The van der Waals surface area contributed by atoms with Crippen LogP contribution in [-0.4, -0.2) is 54.7 Å². The molecule has 4 rings (SSSR count). The summed E-state index contributed by atoms with van der Waals surface area (Å²) in [5.74, 6) is -0.560. The molecule has 1 aliphatic heterocycles. The zero-order valence-electron chi connectivity index (χ0n) is 17.8. The number of nitrogens with one attached hydrogen (secondary N) is 3. The number of hydrogen-bond donors (Lipinski definition) is 3. The van der Waals surface area contributed by atoms with Crippen molar-refractivity contribution in [2.75, 3.05) is 44.2 Å². The molecule has 2 aromatic carbocycles. The number of benzene rings is 2. The standard InChI is InChI=1S/C23H26FN5O3/c24-18-7-2-4-9-20(18)28-14-12-27(13-15-28)11-5-10-25-21(30)16-29-22(31)17-6-1-3-8-19(17)26-23(29)32/h1-4,6-9H,5,10-16H2,(H,25,30)(H,26,32)/p+1. The molecule has 3 aromatic rings. The lowest BCUT2D eigenvalue weighted by Gasteiger charge is -2.33. The Kier molecular flexibility index (Phi) is 6.65. The van der Waals surface area contributed by atoms with Gasteiger partial charge in [0.25, 0.3) is 5.56 Å². The summed E-state index contributed by atoms with van der Waals surface area (Å²) in [4.78, 5) is 43.0. The number of quaternary nitrogens is 1. The number of para-hydroxylation sites is 2. The fraction of sp³-hybridized carbons (Fsp3) is 0.348. The highest BCUT2D eigenvalue weighted by Crippen LogP contribution is 2.18. The predicted molar refractivity (Wildman–Crippen MR) is 121 cm³/mol. The highest BCUT2D eigenvalue weighted by Gasteiger charge is 2.21. The van der Waals surface area contributed by atoms with Gasteiger partial charge in [-0.15, -0.1) is 0 Å². The molecule has 0 unspecified atom stereocenters. The van der Waals surface area contributed by atoms with E-state index >= 15 is 0 Å². The van der Waals surface area contributed by atoms with Gasteiger partial charge in [-0.25, -0.2) is 9.18 Å². The molecule has 1 amide bonds. The molecule has 0 saturated carbocycles. The number of hydrogen-bond acceptors (Lipinski definition) is 4. The summed E-state index contributed by atoms with van der Waals surface area (Å²) in [7, 11) is 0. The van der Waals surface area contributed by atoms with Gasteiger partial charge in [-0.3, -0.25) is 14.2 Å². The number of amides is 1. The molecule has 0 atom stereocenters. The third-order valence-electron chi connectivity index (χ3n) is 5.88. The van der Waals surface area contributed by atoms with Crippen molar-refractivity contribution in [2.45, 2.75) is 13.0 Å². The minimum Gasteiger partial charge on any atom is -0.358 e. The van der Waals surface area contributed by atoms with E-state index in [1.807, 2.05) is 12.1 Å². The lowest BCUT2D eigenvalue weighted by molar-refractivity contribution is -0.900. The number of halogens is 1. The normalized spacial score (nSPS) is 14.6. The molecule has 2 heterocycles. The van der Waals surface area contributed by atoms with Crippen LogP contribution in [0.25, 0.3) is 10.9 Å². The molecule has 1 aromatic heterocycles. The maximum Gasteiger partial charge on any atom is 0.329 e. The van der Waals surface area contributed by atoms with Gasteiger partial charge in [0.2, 0.25) is 5.91 Å². The maximum absolute atomic E-state index is 13.9. The molecule has 9 heteroatoms. The number of anilines is 1. The Hall–Kier alpha value is -3.46. The molecule has 1 aliphatic rings. The first kappa shape index (κ1) is 21.8. The van der Waals surface area contributed by atoms with E-state index in [1.165, 1.54) is 11.0 Å². The van der Waals surface area contributed by atoms with Crippen LogP contribution in [0.4, 0.5) is 10.1 Å². The first-order valence-corrected chi connectivity index (χ1v) is 10.8. The molecule has 168 valence electrons. The molecule has 32 heavy (non-hydrogen) atoms. The predicted octanol–water partition coefficient (Wildman–Crippen LogP) is -0.260. The van der Waals surface area contributed by atoms with Crippen LogP contribution in [0.2, 0.25) is 0 Å². The van der Waals surface area contributed by atoms with Gasteiger partial charge in [-0.05, 0) is 24.3 Å². The van der Waals surface area contributed by atoms with Crippen molar-refractivity contribution in [3.8, 4) is 0 Å². The molecule has 0 radical (unpaired) electrons. The number of carbonyl (C=O) groups is 1. The van der Waals surface area contributed by atoms with Gasteiger partial charge >= 0.3 is 5.69 Å². The number of aromatic amines is 1. The number of carbonyl (C=O) groups excluding carboxylic acids is 1. The minimum absolute atomic E-state index is 0.192. The van der Waals surface area contributed by atoms with Crippen LogP contribution in [-0.2, 0) is 11.3 Å². The molecule has 8 nitrogen and oxygen atoms in total. The zero-order valence-corrected chi connectivity index (χ0v) is 17.8. The van der Waals surface area contributed by atoms with Crippen LogP contribution in [0.3, 0.4) is 0 Å². The van der Waals surface area contributed by atoms with Crippen LogP contribution < -0.4 is 26.4 Å². The van der Waals surface area contributed by atoms with Gasteiger partial charge in [0.05, 0.1) is 49.3 Å². The number of piperazine rings is 1. The molecule has 3 N–H and O–H groups in total. The van der Waals surface area contributed by atoms with Crippen LogP contribution >= 0.6 is 0 Å². The van der Waals surface area contributed by atoms with Gasteiger partial charge in [0.1, 0.15) is 12.4 Å². The molecule has 0 aliphatic carbocycles. The lowest BCUT2D eigenvalue weighted by atomic mass is 10.2. The quantitative estimate of drug-likeness (QED) is 0.442. The smallest absolute Gasteiger partial charge is 0.329 e. The minimum atomic E-state index is -0.596. The second-order valence-electron chi connectivity index (χ2n) is 8.01. The number of fused-ring (bicyclic) bond motifs is 1. The summed E-state index contributed by atoms with van der Waals surface area (Å²) in [6, 6.07) is 13.6. The Bertz CT molecular complexity index is 1210. The average Bonchev–Trinajstić information content (AvgIpc) is 2.80. The van der Waals surface area contributed by atoms with Gasteiger partial charge < -0.3 is 20.1 Å². The second kappa shape index (κ2) is 9.78. The highest BCUT2D eigenvalue weighted by molar-refractivity contribution is 5.78. The molecular formula is C23H27FN5O3+. The Morgan fingerprint density at radius 3 is 2.56 bits per heavy atom. The third kappa shape index (κ3) is 4.88. The van der Waals surface area contributed by atoms with Crippen molar-refractivity contribution in [1.82, 2.24) is 14.9 Å². The van der Waals surface area contributed by atoms with Crippen molar-refractivity contribution < 1.29 is 14.1 Å². The van der Waals surface area contributed by atoms with Crippen molar-refractivity contribution in [2.24, 2.45) is 0 Å². The first-order valence-electron chi connectivity index (χ1n) is 10.8. The highest BCUT2D eigenvalue weighted by atomic mass is 19.1. The van der Waals surface area contributed by atoms with Crippen molar-refractivity contribution >= 4 is 22.5 Å². The monoisotopic (exact) mass is 440 g/mol. The topological polar surface area (TPSA) is 91.6 Å². The number of H-pyrrole nitrogens is 1. The Morgan fingerprint density at radius 1 is 1.06 bits per heavy atom. The third-order valence-corrected chi connectivity index (χ3v) is 5.88. The van der Waals surface area contributed by atoms with E-state index in [0.717, 1.165) is 43.7 Å². The van der Waals surface area contributed by atoms with Gasteiger partial charge in [-0.1, -0.05) is 24.3 Å². The second-order valence-corrected chi connectivity index (χ2v) is 8.01. The number of rotatable bonds is 7. The van der Waals surface area contributed by atoms with E-state index in [-0.39, 0.29) is 18.3 Å². The van der Waals surface area contributed by atoms with Crippen molar-refractivity contribution in [3.05, 3.63) is 75.2 Å². The van der Waals surface area contributed by atoms with Gasteiger partial charge in [-0.2, -0.15) is 0 Å². The Labute approximate surface area is 184 Å². The summed E-state index contributed by atoms with van der Waals surface area (Å²) in [6.45, 7) is 4.44. The van der Waals surface area contributed by atoms with E-state index < -0.39 is 11.2 Å². The van der Waals surface area contributed by atoms with E-state index in [2.05, 4.69) is 15.2 Å². The summed E-state index contributed by atoms with van der Waals surface area (Å²) >= 11 is 0. The Morgan fingerprint density at radius 2 is 1.78 bits per heavy atom. The molecule has 0 bridgehead atoms. The Balaban J connectivity index is 1.22. The zero-order chi connectivity index (χ0) is 22.5. The van der Waals surface area contributed by atoms with E-state index in [4.69, 9.17) is 0 Å². The molecule has 1 saturated heterocycles. The summed E-state index contributed by atoms with van der Waals surface area (Å²) in [5, 5.41) is 3.16. The van der Waals surface area contributed by atoms with Gasteiger partial charge in [0.15, 0.2) is 0 Å². The van der Waals surface area contributed by atoms with Crippen molar-refractivity contribution in [3.63, 3.8) is 0 Å².